The minimum Gasteiger partial charge on any atom is -0.352 e. The van der Waals surface area contributed by atoms with Gasteiger partial charge in [0, 0.05) is 19.6 Å². The molecule has 0 spiro atoms. The van der Waals surface area contributed by atoms with Gasteiger partial charge in [0.2, 0.25) is 5.91 Å². The van der Waals surface area contributed by atoms with Crippen molar-refractivity contribution in [2.75, 3.05) is 27.2 Å². The quantitative estimate of drug-likeness (QED) is 0.830. The molecule has 0 aromatic heterocycles. The molecule has 2 rings (SSSR count). The van der Waals surface area contributed by atoms with Gasteiger partial charge in [-0.15, -0.1) is 0 Å². The van der Waals surface area contributed by atoms with Crippen molar-refractivity contribution in [3.05, 3.63) is 35.4 Å². The third-order valence-electron chi connectivity index (χ3n) is 3.39. The molecular weight excluding hydrogens is 238 g/mol. The first kappa shape index (κ1) is 14.0. The molecule has 19 heavy (non-hydrogen) atoms. The molecule has 1 aliphatic heterocycles. The fourth-order valence-corrected chi connectivity index (χ4v) is 2.42. The third-order valence-corrected chi connectivity index (χ3v) is 3.39. The van der Waals surface area contributed by atoms with Crippen LogP contribution in [0.25, 0.3) is 0 Å². The SMILES string of the molecule is CN(C)Cc1cccc(CNC(=O)C2CCNC2)c1. The van der Waals surface area contributed by atoms with Gasteiger partial charge in [0.05, 0.1) is 5.92 Å². The molecule has 1 aliphatic rings. The van der Waals surface area contributed by atoms with E-state index in [1.54, 1.807) is 0 Å². The van der Waals surface area contributed by atoms with E-state index in [9.17, 15) is 4.79 Å². The zero-order chi connectivity index (χ0) is 13.7. The molecule has 1 fully saturated rings. The zero-order valence-corrected chi connectivity index (χ0v) is 11.8. The van der Waals surface area contributed by atoms with Gasteiger partial charge in [0.15, 0.2) is 0 Å². The Balaban J connectivity index is 1.86. The van der Waals surface area contributed by atoms with Gasteiger partial charge in [0.25, 0.3) is 0 Å². The summed E-state index contributed by atoms with van der Waals surface area (Å²) < 4.78 is 0. The first-order valence-electron chi connectivity index (χ1n) is 6.86. The van der Waals surface area contributed by atoms with Crippen LogP contribution in [0.1, 0.15) is 17.5 Å². The molecule has 0 aliphatic carbocycles. The molecule has 4 heteroatoms. The van der Waals surface area contributed by atoms with E-state index >= 15 is 0 Å². The first-order valence-corrected chi connectivity index (χ1v) is 6.86. The number of carbonyl (C=O) groups excluding carboxylic acids is 1. The number of rotatable bonds is 5. The maximum atomic E-state index is 11.9. The van der Waals surface area contributed by atoms with E-state index in [1.807, 2.05) is 0 Å². The molecule has 2 N–H and O–H groups in total. The van der Waals surface area contributed by atoms with E-state index in [-0.39, 0.29) is 11.8 Å². The lowest BCUT2D eigenvalue weighted by atomic mass is 10.1. The van der Waals surface area contributed by atoms with Gasteiger partial charge in [-0.25, -0.2) is 0 Å². The van der Waals surface area contributed by atoms with Crippen LogP contribution >= 0.6 is 0 Å². The summed E-state index contributed by atoms with van der Waals surface area (Å²) in [6.45, 7) is 3.31. The molecule has 0 bridgehead atoms. The van der Waals surface area contributed by atoms with Crippen LogP contribution in [-0.4, -0.2) is 38.0 Å². The smallest absolute Gasteiger partial charge is 0.224 e. The van der Waals surface area contributed by atoms with Crippen molar-refractivity contribution in [2.45, 2.75) is 19.5 Å². The number of hydrogen-bond acceptors (Lipinski definition) is 3. The molecule has 104 valence electrons. The maximum Gasteiger partial charge on any atom is 0.224 e. The second-order valence-electron chi connectivity index (χ2n) is 5.47. The van der Waals surface area contributed by atoms with Crippen molar-refractivity contribution in [3.8, 4) is 0 Å². The standard InChI is InChI=1S/C15H23N3O/c1-18(2)11-13-5-3-4-12(8-13)9-17-15(19)14-6-7-16-10-14/h3-5,8,14,16H,6-7,9-11H2,1-2H3,(H,17,19). The van der Waals surface area contributed by atoms with Crippen LogP contribution in [0, 0.1) is 5.92 Å². The lowest BCUT2D eigenvalue weighted by Gasteiger charge is -2.12. The van der Waals surface area contributed by atoms with Crippen molar-refractivity contribution in [2.24, 2.45) is 5.92 Å². The molecule has 1 heterocycles. The highest BCUT2D eigenvalue weighted by molar-refractivity contribution is 5.79. The normalized spacial score (nSPS) is 18.8. The molecule has 1 amide bonds. The molecule has 1 aromatic carbocycles. The van der Waals surface area contributed by atoms with Gasteiger partial charge in [-0.05, 0) is 38.2 Å². The molecule has 1 unspecified atom stereocenters. The molecule has 0 radical (unpaired) electrons. The number of benzene rings is 1. The minimum absolute atomic E-state index is 0.143. The van der Waals surface area contributed by atoms with Gasteiger partial charge in [-0.1, -0.05) is 24.3 Å². The summed E-state index contributed by atoms with van der Waals surface area (Å²) in [6, 6.07) is 8.39. The van der Waals surface area contributed by atoms with E-state index < -0.39 is 0 Å². The van der Waals surface area contributed by atoms with Gasteiger partial charge in [-0.2, -0.15) is 0 Å². The molecule has 0 saturated carbocycles. The van der Waals surface area contributed by atoms with Crippen molar-refractivity contribution in [1.29, 1.82) is 0 Å². The Morgan fingerprint density at radius 1 is 1.42 bits per heavy atom. The Labute approximate surface area is 115 Å². The molecule has 1 saturated heterocycles. The van der Waals surface area contributed by atoms with Crippen LogP contribution in [0.4, 0.5) is 0 Å². The van der Waals surface area contributed by atoms with E-state index in [4.69, 9.17) is 0 Å². The van der Waals surface area contributed by atoms with Crippen LogP contribution in [0.2, 0.25) is 0 Å². The Morgan fingerprint density at radius 2 is 2.21 bits per heavy atom. The van der Waals surface area contributed by atoms with E-state index in [0.29, 0.717) is 6.54 Å². The van der Waals surface area contributed by atoms with Crippen LogP contribution in [0.5, 0.6) is 0 Å². The highest BCUT2D eigenvalue weighted by atomic mass is 16.1. The van der Waals surface area contributed by atoms with Gasteiger partial charge < -0.3 is 15.5 Å². The van der Waals surface area contributed by atoms with Crippen molar-refractivity contribution in [1.82, 2.24) is 15.5 Å². The van der Waals surface area contributed by atoms with Crippen molar-refractivity contribution >= 4 is 5.91 Å². The fourth-order valence-electron chi connectivity index (χ4n) is 2.42. The predicted molar refractivity (Wildman–Crippen MR) is 76.7 cm³/mol. The highest BCUT2D eigenvalue weighted by Gasteiger charge is 2.21. The monoisotopic (exact) mass is 261 g/mol. The number of nitrogens with one attached hydrogen (secondary N) is 2. The van der Waals surface area contributed by atoms with Crippen LogP contribution < -0.4 is 10.6 Å². The summed E-state index contributed by atoms with van der Waals surface area (Å²) in [6.07, 6.45) is 0.951. The van der Waals surface area contributed by atoms with Gasteiger partial charge in [0.1, 0.15) is 0 Å². The largest absolute Gasteiger partial charge is 0.352 e. The van der Waals surface area contributed by atoms with Gasteiger partial charge in [-0.3, -0.25) is 4.79 Å². The predicted octanol–water partition coefficient (Wildman–Crippen LogP) is 0.974. The topological polar surface area (TPSA) is 44.4 Å². The molecule has 1 atom stereocenters. The lowest BCUT2D eigenvalue weighted by Crippen LogP contribution is -2.31. The Morgan fingerprint density at radius 3 is 2.89 bits per heavy atom. The minimum atomic E-state index is 0.143. The Bertz CT molecular complexity index is 425. The fraction of sp³-hybridized carbons (Fsp3) is 0.533. The number of hydrogen-bond donors (Lipinski definition) is 2. The molecular formula is C15H23N3O. The molecule has 1 aromatic rings. The van der Waals surface area contributed by atoms with Crippen LogP contribution in [0.3, 0.4) is 0 Å². The van der Waals surface area contributed by atoms with Crippen LogP contribution in [0.15, 0.2) is 24.3 Å². The second-order valence-corrected chi connectivity index (χ2v) is 5.47. The third kappa shape index (κ3) is 4.33. The van der Waals surface area contributed by atoms with Crippen molar-refractivity contribution < 1.29 is 4.79 Å². The Kier molecular flexibility index (Phi) is 4.93. The summed E-state index contributed by atoms with van der Waals surface area (Å²) in [7, 11) is 4.11. The average molecular weight is 261 g/mol. The zero-order valence-electron chi connectivity index (χ0n) is 11.8. The first-order chi connectivity index (χ1) is 9.15. The summed E-state index contributed by atoms with van der Waals surface area (Å²) in [5.41, 5.74) is 2.44. The summed E-state index contributed by atoms with van der Waals surface area (Å²) >= 11 is 0. The second kappa shape index (κ2) is 6.68. The number of carbonyl (C=O) groups is 1. The van der Waals surface area contributed by atoms with E-state index in [0.717, 1.165) is 26.1 Å². The lowest BCUT2D eigenvalue weighted by molar-refractivity contribution is -0.124. The highest BCUT2D eigenvalue weighted by Crippen LogP contribution is 2.09. The van der Waals surface area contributed by atoms with Crippen molar-refractivity contribution in [3.63, 3.8) is 0 Å². The van der Waals surface area contributed by atoms with Gasteiger partial charge >= 0.3 is 0 Å². The van der Waals surface area contributed by atoms with Crippen LogP contribution in [-0.2, 0) is 17.9 Å². The number of nitrogens with zero attached hydrogens (tertiary/aromatic N) is 1. The number of amides is 1. The van der Waals surface area contributed by atoms with E-state index in [1.165, 1.54) is 11.1 Å². The Hall–Kier alpha value is -1.39. The summed E-state index contributed by atoms with van der Waals surface area (Å²) in [5.74, 6) is 0.313. The maximum absolute atomic E-state index is 11.9. The summed E-state index contributed by atoms with van der Waals surface area (Å²) in [4.78, 5) is 14.1. The average Bonchev–Trinajstić information content (AvgIpc) is 2.89. The van der Waals surface area contributed by atoms with E-state index in [2.05, 4.69) is 53.9 Å². The summed E-state index contributed by atoms with van der Waals surface area (Å²) in [5, 5.41) is 6.24. The molecule has 4 nitrogen and oxygen atoms in total.